The average molecular weight is 1510 g/mol. The summed E-state index contributed by atoms with van der Waals surface area (Å²) in [6.07, 6.45) is -8.33. The lowest BCUT2D eigenvalue weighted by molar-refractivity contribution is -0.346. The number of aryl methyl sites for hydroxylation is 2. The van der Waals surface area contributed by atoms with E-state index >= 15 is 9.59 Å². The van der Waals surface area contributed by atoms with E-state index in [1.165, 1.54) is 64.1 Å². The number of carboxylic acid groups (broad SMARTS) is 3. The van der Waals surface area contributed by atoms with Crippen molar-refractivity contribution >= 4 is 71.4 Å². The summed E-state index contributed by atoms with van der Waals surface area (Å²) < 4.78 is 39.0. The van der Waals surface area contributed by atoms with Crippen LogP contribution in [0.15, 0.2) is 133 Å². The molecule has 4 amide bonds. The van der Waals surface area contributed by atoms with Gasteiger partial charge in [-0.15, -0.1) is 5.10 Å². The maximum Gasteiger partial charge on any atom is 0.350 e. The maximum atomic E-state index is 16.0. The molecule has 4 aromatic carbocycles. The number of carbonyl (C=O) groups excluding carboxylic acids is 9. The van der Waals surface area contributed by atoms with Crippen molar-refractivity contribution in [3.63, 3.8) is 0 Å². The standard InChI is InChI=1S/C78H93N7O24/c1-45-56(41-78(103)68(108-72(100)51-26-15-9-16-27-51)66-76(6,57(89)40-58-77(66,44-104-58)109-47(3)87)67(94)64(105-46(2)86)62(45)75(78,4)5)106-73(101)65(63(49-22-11-7-12-23-49)81-69(95)50-24-13-8-14-25-50)107-61(93)31-21-28-52-43-85(83-82-52)39-19-10-17-30-59(90)84(42-48-32-34-53(88)35-33-48)38-20-18-29-54(70(96)97)79-74(102)80-55(71(98)99)36-37-60(91)92/h7-9,11-16,22-27,32-35,43,54-58,63-66,68,88-89,103H,10,17-21,28-31,36-42,44H2,1-6H3,(H,81,95)(H,91,92)(H,96,97)(H,98,99)(H2,79,80,102)/t54-,55-,56-,57-,58+,63-,64+,65+,66-,68-,76+,77-,78+/m0/s1. The van der Waals surface area contributed by atoms with Gasteiger partial charge in [0.05, 0.1) is 35.3 Å². The number of esters is 5. The number of hydrogen-bond acceptors (Lipinski definition) is 23. The summed E-state index contributed by atoms with van der Waals surface area (Å²) in [4.78, 5) is 164. The number of aliphatic hydroxyl groups is 2. The van der Waals surface area contributed by atoms with Gasteiger partial charge in [0.15, 0.2) is 17.5 Å². The fourth-order valence-electron chi connectivity index (χ4n) is 15.3. The smallest absolute Gasteiger partial charge is 0.350 e. The second-order valence-corrected chi connectivity index (χ2v) is 28.8. The van der Waals surface area contributed by atoms with Crippen LogP contribution >= 0.6 is 0 Å². The van der Waals surface area contributed by atoms with Crippen molar-refractivity contribution in [3.05, 3.63) is 161 Å². The molecule has 1 aliphatic heterocycles. The molecule has 0 unspecified atom stereocenters. The van der Waals surface area contributed by atoms with E-state index in [4.69, 9.17) is 33.5 Å². The number of nitrogens with zero attached hydrogens (tertiary/aromatic N) is 4. The Balaban J connectivity index is 0.899. The molecule has 9 rings (SSSR count). The Morgan fingerprint density at radius 1 is 0.716 bits per heavy atom. The second kappa shape index (κ2) is 35.9. The molecule has 31 heteroatoms. The Bertz CT molecular complexity index is 4170. The zero-order chi connectivity index (χ0) is 79.1. The van der Waals surface area contributed by atoms with Crippen LogP contribution in [0.4, 0.5) is 4.79 Å². The Morgan fingerprint density at radius 3 is 1.95 bits per heavy atom. The summed E-state index contributed by atoms with van der Waals surface area (Å²) >= 11 is 0. The number of hydrogen-bond donors (Lipinski definition) is 9. The molecule has 4 aliphatic rings. The number of rotatable bonds is 35. The first-order valence-electron chi connectivity index (χ1n) is 36.2. The number of fused-ring (bicyclic) bond motifs is 5. The Hall–Kier alpha value is -10.9. The summed E-state index contributed by atoms with van der Waals surface area (Å²) in [5, 5.41) is 80.4. The van der Waals surface area contributed by atoms with Gasteiger partial charge in [0.2, 0.25) is 12.0 Å². The number of unbranched alkanes of at least 4 members (excludes halogenated alkanes) is 3. The molecule has 2 saturated carbocycles. The highest BCUT2D eigenvalue weighted by molar-refractivity contribution is 5.97. The Kier molecular flexibility index (Phi) is 27.0. The largest absolute Gasteiger partial charge is 0.508 e. The van der Waals surface area contributed by atoms with Crippen LogP contribution < -0.4 is 16.0 Å². The zero-order valence-electron chi connectivity index (χ0n) is 61.4. The van der Waals surface area contributed by atoms with Crippen molar-refractivity contribution in [3.8, 4) is 5.75 Å². The number of aromatic hydroxyl groups is 1. The molecule has 2 bridgehead atoms. The summed E-state index contributed by atoms with van der Waals surface area (Å²) in [5.41, 5.74) is -6.70. The highest BCUT2D eigenvalue weighted by Gasteiger charge is 2.78. The number of ether oxygens (including phenoxy) is 6. The van der Waals surface area contributed by atoms with E-state index < -0.39 is 167 Å². The normalized spacial score (nSPS) is 23.5. The van der Waals surface area contributed by atoms with Gasteiger partial charge in [-0.25, -0.2) is 24.0 Å². The van der Waals surface area contributed by atoms with Gasteiger partial charge < -0.3 is 79.9 Å². The number of Topliss-reactive ketones (excluding diaryl/α,β-unsaturated/α-hetero) is 1. The van der Waals surface area contributed by atoms with Crippen molar-refractivity contribution in [1.29, 1.82) is 0 Å². The number of carbonyl (C=O) groups is 12. The van der Waals surface area contributed by atoms with Gasteiger partial charge in [0, 0.05) is 82.8 Å². The number of carboxylic acids is 3. The third kappa shape index (κ3) is 19.3. The number of urea groups is 1. The van der Waals surface area contributed by atoms with Crippen LogP contribution in [0.1, 0.15) is 169 Å². The van der Waals surface area contributed by atoms with Crippen LogP contribution in [0.25, 0.3) is 0 Å². The summed E-state index contributed by atoms with van der Waals surface area (Å²) in [6.45, 7) is 8.49. The topological polar surface area (TPSA) is 452 Å². The van der Waals surface area contributed by atoms with Crippen molar-refractivity contribution < 1.29 is 117 Å². The minimum atomic E-state index is -2.54. The molecule has 0 radical (unpaired) electrons. The molecule has 584 valence electrons. The lowest BCUT2D eigenvalue weighted by atomic mass is 9.44. The maximum absolute atomic E-state index is 16.0. The number of benzene rings is 4. The molecule has 109 heavy (non-hydrogen) atoms. The SMILES string of the molecule is CC(=O)O[C@H]1C(=O)[C@@]2(C)[C@H]([C@H](OC(=O)c3ccccc3)[C@]3(O)C[C@H](OC(=O)[C@H](OC(=O)CCCc4cn(CCCCCC(=O)N(CCCC[C@H](NC(=O)N[C@@H](CCC(=O)O)C(=O)O)C(=O)O)Cc5ccc(O)cc5)nn4)[C@@H](NC(=O)c4ccccc4)c4ccccc4)C(C)=C1C3(C)C)[C@]1(OC(C)=O)CO[C@@H]1C[C@@H]2O. The van der Waals surface area contributed by atoms with E-state index in [0.717, 1.165) is 19.4 Å². The van der Waals surface area contributed by atoms with Crippen molar-refractivity contribution in [2.75, 3.05) is 13.2 Å². The Labute approximate surface area is 628 Å². The highest BCUT2D eigenvalue weighted by atomic mass is 16.6. The first kappa shape index (κ1) is 82.1. The number of nitrogens with one attached hydrogen (secondary N) is 3. The van der Waals surface area contributed by atoms with E-state index in [0.29, 0.717) is 37.9 Å². The van der Waals surface area contributed by atoms with Gasteiger partial charge >= 0.3 is 53.8 Å². The van der Waals surface area contributed by atoms with E-state index in [9.17, 15) is 73.5 Å². The monoisotopic (exact) mass is 1510 g/mol. The van der Waals surface area contributed by atoms with Crippen LogP contribution in [0.2, 0.25) is 0 Å². The molecule has 9 N–H and O–H groups in total. The number of aliphatic hydroxyl groups excluding tert-OH is 1. The van der Waals surface area contributed by atoms with Crippen LogP contribution in [-0.2, 0) is 91.1 Å². The van der Waals surface area contributed by atoms with Crippen LogP contribution in [0.5, 0.6) is 5.75 Å². The predicted molar refractivity (Wildman–Crippen MR) is 382 cm³/mol. The first-order chi connectivity index (χ1) is 51.8. The highest BCUT2D eigenvalue weighted by Crippen LogP contribution is 2.64. The van der Waals surface area contributed by atoms with Crippen molar-refractivity contribution in [1.82, 2.24) is 35.8 Å². The quantitative estimate of drug-likeness (QED) is 0.00912. The Morgan fingerprint density at radius 2 is 1.35 bits per heavy atom. The molecule has 13 atom stereocenters. The molecular formula is C78H93N7O24. The molecule has 3 fully saturated rings. The summed E-state index contributed by atoms with van der Waals surface area (Å²) in [7, 11) is 0. The van der Waals surface area contributed by atoms with Gasteiger partial charge in [0.1, 0.15) is 47.8 Å². The van der Waals surface area contributed by atoms with E-state index in [2.05, 4.69) is 26.3 Å². The summed E-state index contributed by atoms with van der Waals surface area (Å²) in [5.74, 6) is -12.6. The third-order valence-corrected chi connectivity index (χ3v) is 21.1. The molecule has 31 nitrogen and oxygen atoms in total. The fourth-order valence-corrected chi connectivity index (χ4v) is 15.3. The zero-order valence-corrected chi connectivity index (χ0v) is 61.4. The van der Waals surface area contributed by atoms with Crippen LogP contribution in [-0.4, -0.2) is 195 Å². The molecule has 2 heterocycles. The van der Waals surface area contributed by atoms with Gasteiger partial charge in [-0.05, 0) is 124 Å². The van der Waals surface area contributed by atoms with E-state index in [-0.39, 0.29) is 104 Å². The van der Waals surface area contributed by atoms with Gasteiger partial charge in [-0.2, -0.15) is 0 Å². The lowest BCUT2D eigenvalue weighted by Crippen LogP contribution is -2.82. The molecule has 5 aromatic rings. The minimum Gasteiger partial charge on any atom is -0.508 e. The number of phenols is 1. The van der Waals surface area contributed by atoms with Crippen molar-refractivity contribution in [2.24, 2.45) is 16.7 Å². The number of aromatic nitrogens is 3. The number of phenolic OH excluding ortho intramolecular Hbond substituents is 1. The third-order valence-electron chi connectivity index (χ3n) is 21.1. The molecular weight excluding hydrogens is 1420 g/mol. The number of ketones is 1. The molecule has 3 aliphatic carbocycles. The predicted octanol–water partition coefficient (Wildman–Crippen LogP) is 6.44. The average Bonchev–Trinajstić information content (AvgIpc) is 0.902. The van der Waals surface area contributed by atoms with Crippen LogP contribution in [0, 0.1) is 16.7 Å². The van der Waals surface area contributed by atoms with E-state index in [1.54, 1.807) is 94.6 Å². The van der Waals surface area contributed by atoms with Crippen molar-refractivity contribution in [2.45, 2.75) is 210 Å². The fraction of sp³-hybridized carbons (Fsp3) is 0.487. The second-order valence-electron chi connectivity index (χ2n) is 28.8. The molecule has 1 aromatic heterocycles. The number of aliphatic carboxylic acids is 3. The summed E-state index contributed by atoms with van der Waals surface area (Å²) in [6, 6.07) is 24.5. The van der Waals surface area contributed by atoms with Gasteiger partial charge in [0.25, 0.3) is 5.91 Å². The molecule has 1 saturated heterocycles. The molecule has 0 spiro atoms. The van der Waals surface area contributed by atoms with Crippen LogP contribution in [0.3, 0.4) is 0 Å². The van der Waals surface area contributed by atoms with Gasteiger partial charge in [-0.1, -0.05) is 104 Å². The van der Waals surface area contributed by atoms with Gasteiger partial charge in [-0.3, -0.25) is 38.2 Å². The first-order valence-corrected chi connectivity index (χ1v) is 36.2. The number of amides is 4. The minimum absolute atomic E-state index is 0.00833. The lowest BCUT2D eigenvalue weighted by Gasteiger charge is -2.67. The van der Waals surface area contributed by atoms with E-state index in [1.807, 2.05) is 0 Å².